The van der Waals surface area contributed by atoms with Crippen LogP contribution in [0.5, 0.6) is 0 Å². The summed E-state index contributed by atoms with van der Waals surface area (Å²) in [6.07, 6.45) is 3.74. The zero-order valence-electron chi connectivity index (χ0n) is 11.0. The standard InChI is InChI=1S/C12H21N7/c13-12-15-10(17-14)7-11(16-12)19-6-2-5-18-4-1-3-9(18)8-19/h7,9H,1-6,8,14H2,(H3,13,15,16,17). The van der Waals surface area contributed by atoms with Gasteiger partial charge in [-0.3, -0.25) is 4.90 Å². The Bertz CT molecular complexity index is 450. The highest BCUT2D eigenvalue weighted by molar-refractivity contribution is 5.52. The van der Waals surface area contributed by atoms with Crippen LogP contribution in [0.2, 0.25) is 0 Å². The lowest BCUT2D eigenvalue weighted by Crippen LogP contribution is -2.37. The fraction of sp³-hybridized carbons (Fsp3) is 0.667. The number of hydrogen-bond donors (Lipinski definition) is 3. The van der Waals surface area contributed by atoms with Gasteiger partial charge in [0.2, 0.25) is 5.95 Å². The highest BCUT2D eigenvalue weighted by atomic mass is 15.3. The van der Waals surface area contributed by atoms with Crippen molar-refractivity contribution < 1.29 is 0 Å². The molecule has 2 aliphatic rings. The molecular weight excluding hydrogens is 242 g/mol. The maximum absolute atomic E-state index is 5.73. The van der Waals surface area contributed by atoms with Gasteiger partial charge in [0.25, 0.3) is 0 Å². The molecule has 1 aromatic rings. The first kappa shape index (κ1) is 12.4. The first-order valence-corrected chi connectivity index (χ1v) is 6.86. The normalized spacial score (nSPS) is 24.1. The monoisotopic (exact) mass is 263 g/mol. The van der Waals surface area contributed by atoms with Crippen molar-refractivity contribution >= 4 is 17.6 Å². The summed E-state index contributed by atoms with van der Waals surface area (Å²) in [5, 5.41) is 0. The molecule has 0 aliphatic carbocycles. The molecule has 3 heterocycles. The number of hydrogen-bond acceptors (Lipinski definition) is 7. The Kier molecular flexibility index (Phi) is 3.39. The molecule has 1 aromatic heterocycles. The minimum atomic E-state index is 0.262. The number of rotatable bonds is 2. The lowest BCUT2D eigenvalue weighted by Gasteiger charge is -2.26. The predicted octanol–water partition coefficient (Wildman–Crippen LogP) is 0.0189. The van der Waals surface area contributed by atoms with Gasteiger partial charge >= 0.3 is 0 Å². The number of nitrogens with two attached hydrogens (primary N) is 2. The van der Waals surface area contributed by atoms with Gasteiger partial charge in [-0.15, -0.1) is 0 Å². The molecule has 0 saturated carbocycles. The summed E-state index contributed by atoms with van der Waals surface area (Å²) < 4.78 is 0. The van der Waals surface area contributed by atoms with E-state index in [4.69, 9.17) is 11.6 Å². The van der Waals surface area contributed by atoms with Crippen LogP contribution in [0.1, 0.15) is 19.3 Å². The third-order valence-corrected chi connectivity index (χ3v) is 4.01. The second kappa shape index (κ2) is 5.18. The lowest BCUT2D eigenvalue weighted by molar-refractivity contribution is 0.273. The molecule has 0 spiro atoms. The minimum Gasteiger partial charge on any atom is -0.368 e. The van der Waals surface area contributed by atoms with Crippen LogP contribution in [0, 0.1) is 0 Å². The number of nitrogen functional groups attached to an aromatic ring is 2. The Morgan fingerprint density at radius 3 is 2.89 bits per heavy atom. The Morgan fingerprint density at radius 2 is 2.05 bits per heavy atom. The third kappa shape index (κ3) is 2.57. The van der Waals surface area contributed by atoms with E-state index in [9.17, 15) is 0 Å². The third-order valence-electron chi connectivity index (χ3n) is 4.01. The Labute approximate surface area is 112 Å². The van der Waals surface area contributed by atoms with Crippen molar-refractivity contribution in [2.24, 2.45) is 5.84 Å². The Hall–Kier alpha value is -1.60. The van der Waals surface area contributed by atoms with Gasteiger partial charge in [-0.05, 0) is 25.8 Å². The van der Waals surface area contributed by atoms with Crippen molar-refractivity contribution in [3.05, 3.63) is 6.07 Å². The summed E-state index contributed by atoms with van der Waals surface area (Å²) >= 11 is 0. The molecule has 0 radical (unpaired) electrons. The highest BCUT2D eigenvalue weighted by Gasteiger charge is 2.29. The van der Waals surface area contributed by atoms with Gasteiger partial charge in [0.05, 0.1) is 0 Å². The van der Waals surface area contributed by atoms with E-state index in [2.05, 4.69) is 25.2 Å². The van der Waals surface area contributed by atoms with Gasteiger partial charge in [0.1, 0.15) is 11.6 Å². The summed E-state index contributed by atoms with van der Waals surface area (Å²) in [6.45, 7) is 4.44. The molecular formula is C12H21N7. The second-order valence-corrected chi connectivity index (χ2v) is 5.25. The zero-order valence-corrected chi connectivity index (χ0v) is 11.0. The van der Waals surface area contributed by atoms with Crippen molar-refractivity contribution in [1.82, 2.24) is 14.9 Å². The molecule has 7 heteroatoms. The van der Waals surface area contributed by atoms with E-state index < -0.39 is 0 Å². The summed E-state index contributed by atoms with van der Waals surface area (Å²) in [7, 11) is 0. The van der Waals surface area contributed by atoms with Gasteiger partial charge in [0, 0.05) is 31.7 Å². The van der Waals surface area contributed by atoms with E-state index in [1.165, 1.54) is 25.9 Å². The molecule has 1 atom stereocenters. The van der Waals surface area contributed by atoms with Crippen molar-refractivity contribution in [2.75, 3.05) is 42.2 Å². The summed E-state index contributed by atoms with van der Waals surface area (Å²) in [5.41, 5.74) is 8.27. The van der Waals surface area contributed by atoms with Crippen LogP contribution < -0.4 is 21.9 Å². The van der Waals surface area contributed by atoms with Crippen LogP contribution >= 0.6 is 0 Å². The first-order chi connectivity index (χ1) is 9.26. The molecule has 2 saturated heterocycles. The molecule has 7 nitrogen and oxygen atoms in total. The van der Waals surface area contributed by atoms with Crippen LogP contribution in [0.4, 0.5) is 17.6 Å². The summed E-state index contributed by atoms with van der Waals surface area (Å²) in [6, 6.07) is 2.51. The Morgan fingerprint density at radius 1 is 1.21 bits per heavy atom. The minimum absolute atomic E-state index is 0.262. The lowest BCUT2D eigenvalue weighted by atomic mass is 10.2. The fourth-order valence-electron chi connectivity index (χ4n) is 3.10. The topological polar surface area (TPSA) is 96.3 Å². The average molecular weight is 263 g/mol. The van der Waals surface area contributed by atoms with E-state index in [0.717, 1.165) is 25.3 Å². The smallest absolute Gasteiger partial charge is 0.223 e. The summed E-state index contributed by atoms with van der Waals surface area (Å²) in [5.74, 6) is 7.11. The maximum atomic E-state index is 5.73. The number of fused-ring (bicyclic) bond motifs is 1. The van der Waals surface area contributed by atoms with Crippen LogP contribution in [0.25, 0.3) is 0 Å². The van der Waals surface area contributed by atoms with Crippen LogP contribution in [0.3, 0.4) is 0 Å². The van der Waals surface area contributed by atoms with Crippen LogP contribution in [0.15, 0.2) is 6.07 Å². The molecule has 5 N–H and O–H groups in total. The second-order valence-electron chi connectivity index (χ2n) is 5.25. The zero-order chi connectivity index (χ0) is 13.2. The number of nitrogens with zero attached hydrogens (tertiary/aromatic N) is 4. The number of aromatic nitrogens is 2. The largest absolute Gasteiger partial charge is 0.368 e. The SMILES string of the molecule is NNc1cc(N2CCCN3CCCC3C2)nc(N)n1. The van der Waals surface area contributed by atoms with E-state index in [1.54, 1.807) is 0 Å². The maximum Gasteiger partial charge on any atom is 0.223 e. The number of nitrogens with one attached hydrogen (secondary N) is 1. The van der Waals surface area contributed by atoms with E-state index in [1.807, 2.05) is 6.07 Å². The number of anilines is 3. The van der Waals surface area contributed by atoms with E-state index in [-0.39, 0.29) is 5.95 Å². The van der Waals surface area contributed by atoms with Gasteiger partial charge in [0.15, 0.2) is 0 Å². The molecule has 19 heavy (non-hydrogen) atoms. The van der Waals surface area contributed by atoms with Crippen molar-refractivity contribution in [3.8, 4) is 0 Å². The van der Waals surface area contributed by atoms with E-state index >= 15 is 0 Å². The molecule has 0 bridgehead atoms. The average Bonchev–Trinajstić information content (AvgIpc) is 2.75. The van der Waals surface area contributed by atoms with E-state index in [0.29, 0.717) is 11.9 Å². The molecule has 0 aromatic carbocycles. The first-order valence-electron chi connectivity index (χ1n) is 6.86. The molecule has 104 valence electrons. The number of hydrazine groups is 1. The van der Waals surface area contributed by atoms with Gasteiger partial charge in [-0.1, -0.05) is 0 Å². The molecule has 3 rings (SSSR count). The van der Waals surface area contributed by atoms with Crippen LogP contribution in [-0.2, 0) is 0 Å². The molecule has 1 unspecified atom stereocenters. The molecule has 2 fully saturated rings. The van der Waals surface area contributed by atoms with Crippen LogP contribution in [-0.4, -0.2) is 47.1 Å². The van der Waals surface area contributed by atoms with Gasteiger partial charge < -0.3 is 16.1 Å². The van der Waals surface area contributed by atoms with Gasteiger partial charge in [-0.25, -0.2) is 5.84 Å². The van der Waals surface area contributed by atoms with Crippen molar-refractivity contribution in [2.45, 2.75) is 25.3 Å². The quantitative estimate of drug-likeness (QED) is 0.511. The Balaban J connectivity index is 1.82. The van der Waals surface area contributed by atoms with Crippen molar-refractivity contribution in [1.29, 1.82) is 0 Å². The van der Waals surface area contributed by atoms with Gasteiger partial charge in [-0.2, -0.15) is 9.97 Å². The molecule has 2 aliphatic heterocycles. The predicted molar refractivity (Wildman–Crippen MR) is 75.7 cm³/mol. The molecule has 0 amide bonds. The summed E-state index contributed by atoms with van der Waals surface area (Å²) in [4.78, 5) is 13.3. The fourth-order valence-corrected chi connectivity index (χ4v) is 3.10. The highest BCUT2D eigenvalue weighted by Crippen LogP contribution is 2.25. The van der Waals surface area contributed by atoms with Crippen molar-refractivity contribution in [3.63, 3.8) is 0 Å².